The Labute approximate surface area is 259 Å². The number of rotatable bonds is 13. The fourth-order valence-electron chi connectivity index (χ4n) is 5.17. The van der Waals surface area contributed by atoms with Crippen LogP contribution in [-0.2, 0) is 11.3 Å². The zero-order valence-corrected chi connectivity index (χ0v) is 25.8. The van der Waals surface area contributed by atoms with Crippen molar-refractivity contribution in [1.82, 2.24) is 20.1 Å². The molecule has 1 fully saturated rings. The molecule has 3 aromatic rings. The van der Waals surface area contributed by atoms with E-state index in [1.807, 2.05) is 30.0 Å². The van der Waals surface area contributed by atoms with E-state index >= 15 is 0 Å². The number of phenols is 1. The number of hydrogen-bond donors (Lipinski definition) is 3. The molecule has 0 radical (unpaired) electrons. The second-order valence-corrected chi connectivity index (χ2v) is 11.4. The number of carbonyl (C=O) groups excluding carboxylic acids is 3. The maximum atomic E-state index is 13.0. The molecule has 4 rings (SSSR count). The van der Waals surface area contributed by atoms with Gasteiger partial charge in [0.25, 0.3) is 11.8 Å². The summed E-state index contributed by atoms with van der Waals surface area (Å²) in [6, 6.07) is 15.8. The smallest absolute Gasteiger partial charge is 0.257 e. The third-order valence-corrected chi connectivity index (χ3v) is 7.89. The molecule has 10 heteroatoms. The number of ether oxygens (including phenoxy) is 1. The van der Waals surface area contributed by atoms with Crippen molar-refractivity contribution in [2.24, 2.45) is 0 Å². The molecule has 0 atom stereocenters. The largest absolute Gasteiger partial charge is 0.507 e. The summed E-state index contributed by atoms with van der Waals surface area (Å²) in [6.07, 6.45) is 6.61. The number of phenolic OH excluding ortho intramolecular Hbond substituents is 1. The highest BCUT2D eigenvalue weighted by Crippen LogP contribution is 2.27. The molecule has 0 spiro atoms. The van der Waals surface area contributed by atoms with E-state index in [1.165, 1.54) is 18.3 Å². The first kappa shape index (κ1) is 32.5. The molecule has 1 aliphatic rings. The van der Waals surface area contributed by atoms with Gasteiger partial charge in [0.1, 0.15) is 11.5 Å². The first-order valence-corrected chi connectivity index (χ1v) is 15.2. The second-order valence-electron chi connectivity index (χ2n) is 11.4. The summed E-state index contributed by atoms with van der Waals surface area (Å²) in [7, 11) is 4.20. The number of benzene rings is 2. The van der Waals surface area contributed by atoms with Gasteiger partial charge in [0.15, 0.2) is 0 Å². The van der Waals surface area contributed by atoms with E-state index in [0.29, 0.717) is 41.8 Å². The molecule has 1 aliphatic heterocycles. The van der Waals surface area contributed by atoms with E-state index < -0.39 is 5.91 Å². The standard InChI is InChI=1S/C34H43N5O5/c1-24-12-15-29(31(21-24)44-20-8-4-5-11-32(41)39-18-16-27(17-19-39)38(2)3)37-33(42)25-13-14-26(35-22-25)23-36-34(43)28-9-6-7-10-30(28)40/h6-7,9-10,12-15,21-22,27,40H,4-5,8,11,16-20,23H2,1-3H3,(H,36,43)(H,37,42). The average molecular weight is 602 g/mol. The molecule has 0 unspecified atom stereocenters. The van der Waals surface area contributed by atoms with Crippen molar-refractivity contribution in [3.05, 3.63) is 83.2 Å². The number of anilines is 1. The number of unbranched alkanes of at least 4 members (excludes halogenated alkanes) is 2. The lowest BCUT2D eigenvalue weighted by Gasteiger charge is -2.35. The van der Waals surface area contributed by atoms with Crippen LogP contribution in [0.1, 0.15) is 70.5 Å². The van der Waals surface area contributed by atoms with Gasteiger partial charge in [-0.15, -0.1) is 0 Å². The van der Waals surface area contributed by atoms with E-state index in [0.717, 1.165) is 50.8 Å². The molecule has 234 valence electrons. The minimum Gasteiger partial charge on any atom is -0.507 e. The Bertz CT molecular complexity index is 1420. The predicted octanol–water partition coefficient (Wildman–Crippen LogP) is 4.77. The lowest BCUT2D eigenvalue weighted by molar-refractivity contribution is -0.132. The number of aromatic hydroxyl groups is 1. The second kappa shape index (κ2) is 15.9. The zero-order valence-electron chi connectivity index (χ0n) is 25.8. The van der Waals surface area contributed by atoms with Crippen molar-refractivity contribution < 1.29 is 24.2 Å². The SMILES string of the molecule is Cc1ccc(NC(=O)c2ccc(CNC(=O)c3ccccc3O)nc2)c(OCCCCCC(=O)N2CCC(N(C)C)CC2)c1. The van der Waals surface area contributed by atoms with Gasteiger partial charge in [0.05, 0.1) is 35.7 Å². The lowest BCUT2D eigenvalue weighted by atomic mass is 10.0. The van der Waals surface area contributed by atoms with Crippen LogP contribution in [0.2, 0.25) is 0 Å². The Morgan fingerprint density at radius 1 is 1.00 bits per heavy atom. The zero-order chi connectivity index (χ0) is 31.5. The predicted molar refractivity (Wildman–Crippen MR) is 170 cm³/mol. The summed E-state index contributed by atoms with van der Waals surface area (Å²) in [6.45, 7) is 4.27. The van der Waals surface area contributed by atoms with Crippen molar-refractivity contribution in [3.63, 3.8) is 0 Å². The van der Waals surface area contributed by atoms with Crippen molar-refractivity contribution in [3.8, 4) is 11.5 Å². The van der Waals surface area contributed by atoms with Crippen molar-refractivity contribution in [1.29, 1.82) is 0 Å². The van der Waals surface area contributed by atoms with Crippen LogP contribution in [0.5, 0.6) is 11.5 Å². The van der Waals surface area contributed by atoms with Gasteiger partial charge in [0, 0.05) is 31.7 Å². The van der Waals surface area contributed by atoms with Crippen LogP contribution in [-0.4, -0.2) is 77.4 Å². The number of carbonyl (C=O) groups is 3. The number of para-hydroxylation sites is 1. The fraction of sp³-hybridized carbons (Fsp3) is 0.412. The maximum absolute atomic E-state index is 13.0. The van der Waals surface area contributed by atoms with E-state index in [2.05, 4.69) is 34.6 Å². The maximum Gasteiger partial charge on any atom is 0.257 e. The van der Waals surface area contributed by atoms with Gasteiger partial charge in [0.2, 0.25) is 5.91 Å². The Morgan fingerprint density at radius 3 is 2.48 bits per heavy atom. The minimum absolute atomic E-state index is 0.0946. The molecule has 1 saturated heterocycles. The number of nitrogens with one attached hydrogen (secondary N) is 2. The highest BCUT2D eigenvalue weighted by molar-refractivity contribution is 6.04. The normalized spacial score (nSPS) is 13.5. The third-order valence-electron chi connectivity index (χ3n) is 7.89. The Morgan fingerprint density at radius 2 is 1.77 bits per heavy atom. The average Bonchev–Trinajstić information content (AvgIpc) is 3.03. The van der Waals surface area contributed by atoms with Crippen LogP contribution in [0.3, 0.4) is 0 Å². The third kappa shape index (κ3) is 9.28. The molecule has 0 bridgehead atoms. The van der Waals surface area contributed by atoms with Gasteiger partial charge in [-0.2, -0.15) is 0 Å². The molecule has 2 heterocycles. The number of aryl methyl sites for hydroxylation is 1. The van der Waals surface area contributed by atoms with Crippen LogP contribution < -0.4 is 15.4 Å². The lowest BCUT2D eigenvalue weighted by Crippen LogP contribution is -2.44. The first-order chi connectivity index (χ1) is 21.2. The minimum atomic E-state index is -0.414. The molecule has 0 saturated carbocycles. The summed E-state index contributed by atoms with van der Waals surface area (Å²) in [5.74, 6) is -0.00357. The summed E-state index contributed by atoms with van der Waals surface area (Å²) in [5, 5.41) is 15.5. The van der Waals surface area contributed by atoms with Crippen LogP contribution in [0.25, 0.3) is 0 Å². The molecule has 10 nitrogen and oxygen atoms in total. The van der Waals surface area contributed by atoms with Gasteiger partial charge in [-0.05, 0) is 95.1 Å². The van der Waals surface area contributed by atoms with Crippen LogP contribution in [0.4, 0.5) is 5.69 Å². The topological polar surface area (TPSA) is 124 Å². The summed E-state index contributed by atoms with van der Waals surface area (Å²) in [5.41, 5.74) is 2.69. The van der Waals surface area contributed by atoms with Crippen LogP contribution >= 0.6 is 0 Å². The van der Waals surface area contributed by atoms with Gasteiger partial charge < -0.3 is 30.3 Å². The number of piperidine rings is 1. The molecule has 3 amide bonds. The summed E-state index contributed by atoms with van der Waals surface area (Å²) >= 11 is 0. The van der Waals surface area contributed by atoms with Crippen LogP contribution in [0, 0.1) is 6.92 Å². The molecule has 1 aromatic heterocycles. The molecule has 44 heavy (non-hydrogen) atoms. The van der Waals surface area contributed by atoms with Crippen LogP contribution in [0.15, 0.2) is 60.8 Å². The monoisotopic (exact) mass is 601 g/mol. The molecule has 3 N–H and O–H groups in total. The van der Waals surface area contributed by atoms with E-state index in [1.54, 1.807) is 24.3 Å². The Kier molecular flexibility index (Phi) is 11.7. The Balaban J connectivity index is 1.20. The molecular weight excluding hydrogens is 558 g/mol. The number of likely N-dealkylation sites (tertiary alicyclic amines) is 1. The van der Waals surface area contributed by atoms with Gasteiger partial charge in [-0.3, -0.25) is 19.4 Å². The van der Waals surface area contributed by atoms with E-state index in [-0.39, 0.29) is 29.7 Å². The molecule has 2 aromatic carbocycles. The van der Waals surface area contributed by atoms with Gasteiger partial charge in [-0.25, -0.2) is 0 Å². The summed E-state index contributed by atoms with van der Waals surface area (Å²) in [4.78, 5) is 46.4. The number of pyridine rings is 1. The molecule has 0 aliphatic carbocycles. The van der Waals surface area contributed by atoms with Crippen molar-refractivity contribution in [2.45, 2.75) is 58.0 Å². The number of nitrogens with zero attached hydrogens (tertiary/aromatic N) is 3. The van der Waals surface area contributed by atoms with E-state index in [9.17, 15) is 19.5 Å². The highest BCUT2D eigenvalue weighted by atomic mass is 16.5. The van der Waals surface area contributed by atoms with Crippen molar-refractivity contribution >= 4 is 23.4 Å². The molecular formula is C34H43N5O5. The van der Waals surface area contributed by atoms with E-state index in [4.69, 9.17) is 4.74 Å². The van der Waals surface area contributed by atoms with Gasteiger partial charge >= 0.3 is 0 Å². The number of aromatic nitrogens is 1. The van der Waals surface area contributed by atoms with Crippen molar-refractivity contribution in [2.75, 3.05) is 39.1 Å². The Hall–Kier alpha value is -4.44. The van der Waals surface area contributed by atoms with Gasteiger partial charge in [-0.1, -0.05) is 18.2 Å². The number of hydrogen-bond acceptors (Lipinski definition) is 7. The fourth-order valence-corrected chi connectivity index (χ4v) is 5.17. The quantitative estimate of drug-likeness (QED) is 0.241. The highest BCUT2D eigenvalue weighted by Gasteiger charge is 2.23. The first-order valence-electron chi connectivity index (χ1n) is 15.2. The summed E-state index contributed by atoms with van der Waals surface area (Å²) < 4.78 is 6.04. The number of amides is 3.